The van der Waals surface area contributed by atoms with Crippen LogP contribution in [0, 0.1) is 0 Å². The summed E-state index contributed by atoms with van der Waals surface area (Å²) in [6.07, 6.45) is 0.600. The van der Waals surface area contributed by atoms with Gasteiger partial charge in [-0.2, -0.15) is 0 Å². The van der Waals surface area contributed by atoms with Crippen LogP contribution in [0.15, 0.2) is 59.4 Å². The molecule has 1 aliphatic heterocycles. The molecule has 1 N–H and O–H groups in total. The fourth-order valence-corrected chi connectivity index (χ4v) is 4.32. The maximum Gasteiger partial charge on any atom is 0.337 e. The summed E-state index contributed by atoms with van der Waals surface area (Å²) >= 11 is 0. The molecule has 0 unspecified atom stereocenters. The first-order valence-corrected chi connectivity index (χ1v) is 11.7. The smallest absolute Gasteiger partial charge is 0.337 e. The molecular formula is C27H30N4O4. The molecule has 0 fully saturated rings. The van der Waals surface area contributed by atoms with Gasteiger partial charge in [-0.15, -0.1) is 0 Å². The van der Waals surface area contributed by atoms with Gasteiger partial charge in [0.25, 0.3) is 5.56 Å². The number of aromatic nitrogens is 2. The van der Waals surface area contributed by atoms with E-state index < -0.39 is 5.97 Å². The molecule has 0 bridgehead atoms. The lowest BCUT2D eigenvalue weighted by molar-refractivity contribution is -0.116. The van der Waals surface area contributed by atoms with Crippen molar-refractivity contribution in [2.75, 3.05) is 19.0 Å². The molecule has 2 heterocycles. The first-order chi connectivity index (χ1) is 16.9. The number of hydrogen-bond acceptors (Lipinski definition) is 6. The molecule has 35 heavy (non-hydrogen) atoms. The Morgan fingerprint density at radius 3 is 2.46 bits per heavy atom. The number of benzene rings is 2. The third-order valence-electron chi connectivity index (χ3n) is 6.09. The molecule has 0 radical (unpaired) electrons. The first kappa shape index (κ1) is 24.3. The van der Waals surface area contributed by atoms with Crippen molar-refractivity contribution in [3.63, 3.8) is 0 Å². The lowest BCUT2D eigenvalue weighted by Crippen LogP contribution is -2.40. The Bertz CT molecular complexity index is 1270. The topological polar surface area (TPSA) is 93.5 Å². The summed E-state index contributed by atoms with van der Waals surface area (Å²) in [5.74, 6) is -0.197. The van der Waals surface area contributed by atoms with Crippen molar-refractivity contribution >= 4 is 17.6 Å². The van der Waals surface area contributed by atoms with Gasteiger partial charge in [-0.1, -0.05) is 44.2 Å². The molecular weight excluding hydrogens is 444 g/mol. The number of amides is 1. The van der Waals surface area contributed by atoms with Crippen LogP contribution in [0.1, 0.15) is 52.8 Å². The van der Waals surface area contributed by atoms with Crippen molar-refractivity contribution in [2.45, 2.75) is 45.8 Å². The van der Waals surface area contributed by atoms with Crippen LogP contribution in [-0.2, 0) is 35.6 Å². The summed E-state index contributed by atoms with van der Waals surface area (Å²) in [5, 5.41) is 2.80. The second kappa shape index (κ2) is 10.7. The van der Waals surface area contributed by atoms with E-state index in [2.05, 4.69) is 22.3 Å². The molecule has 3 aromatic rings. The molecule has 1 aliphatic rings. The number of methoxy groups -OCH3 is 1. The van der Waals surface area contributed by atoms with Crippen LogP contribution >= 0.6 is 0 Å². The normalized spacial score (nSPS) is 13.4. The van der Waals surface area contributed by atoms with E-state index in [4.69, 9.17) is 9.72 Å². The van der Waals surface area contributed by atoms with Gasteiger partial charge in [0.1, 0.15) is 12.4 Å². The van der Waals surface area contributed by atoms with Crippen molar-refractivity contribution in [1.82, 2.24) is 14.5 Å². The minimum atomic E-state index is -0.446. The van der Waals surface area contributed by atoms with E-state index in [0.717, 1.165) is 18.8 Å². The SMILES string of the molecule is COC(=O)c1ccc(NC(=O)Cn2c(C(C)C)nc3c(c2=O)CCN(Cc2ccccc2)C3)cc1. The maximum atomic E-state index is 13.4. The van der Waals surface area contributed by atoms with Crippen molar-refractivity contribution in [3.05, 3.63) is 93.2 Å². The monoisotopic (exact) mass is 474 g/mol. The highest BCUT2D eigenvalue weighted by Crippen LogP contribution is 2.20. The van der Waals surface area contributed by atoms with E-state index in [1.807, 2.05) is 32.0 Å². The van der Waals surface area contributed by atoms with E-state index in [1.54, 1.807) is 24.3 Å². The number of carbonyl (C=O) groups excluding carboxylic acids is 2. The second-order valence-electron chi connectivity index (χ2n) is 9.00. The van der Waals surface area contributed by atoms with Gasteiger partial charge in [0, 0.05) is 36.8 Å². The van der Waals surface area contributed by atoms with Crippen LogP contribution < -0.4 is 10.9 Å². The molecule has 0 atom stereocenters. The van der Waals surface area contributed by atoms with Gasteiger partial charge in [0.05, 0.1) is 18.4 Å². The molecule has 0 saturated carbocycles. The van der Waals surface area contributed by atoms with E-state index >= 15 is 0 Å². The molecule has 2 aromatic carbocycles. The highest BCUT2D eigenvalue weighted by atomic mass is 16.5. The molecule has 0 spiro atoms. The summed E-state index contributed by atoms with van der Waals surface area (Å²) in [7, 11) is 1.31. The Labute approximate surface area is 204 Å². The van der Waals surface area contributed by atoms with Crippen molar-refractivity contribution in [3.8, 4) is 0 Å². The standard InChI is InChI=1S/C27H30N4O4/c1-18(2)25-29-23-16-30(15-19-7-5-4-6-8-19)14-13-22(23)26(33)31(25)17-24(32)28-21-11-9-20(10-12-21)27(34)35-3/h4-12,18H,13-17H2,1-3H3,(H,28,32). The number of esters is 1. The molecule has 8 heteroatoms. The number of ether oxygens (including phenoxy) is 1. The molecule has 0 aliphatic carbocycles. The third-order valence-corrected chi connectivity index (χ3v) is 6.09. The fourth-order valence-electron chi connectivity index (χ4n) is 4.32. The number of nitrogens with one attached hydrogen (secondary N) is 1. The van der Waals surface area contributed by atoms with Crippen molar-refractivity contribution in [2.24, 2.45) is 0 Å². The molecule has 4 rings (SSSR count). The predicted octanol–water partition coefficient (Wildman–Crippen LogP) is 3.35. The van der Waals surface area contributed by atoms with Gasteiger partial charge in [-0.3, -0.25) is 19.1 Å². The van der Waals surface area contributed by atoms with Crippen LogP contribution in [-0.4, -0.2) is 40.0 Å². The van der Waals surface area contributed by atoms with E-state index in [9.17, 15) is 14.4 Å². The Balaban J connectivity index is 1.52. The predicted molar refractivity (Wildman–Crippen MR) is 133 cm³/mol. The van der Waals surface area contributed by atoms with Crippen LogP contribution in [0.5, 0.6) is 0 Å². The van der Waals surface area contributed by atoms with Gasteiger partial charge in [-0.25, -0.2) is 9.78 Å². The lowest BCUT2D eigenvalue weighted by atomic mass is 10.0. The summed E-state index contributed by atoms with van der Waals surface area (Å²) in [4.78, 5) is 45.0. The number of fused-ring (bicyclic) bond motifs is 1. The van der Waals surface area contributed by atoms with Gasteiger partial charge < -0.3 is 10.1 Å². The maximum absolute atomic E-state index is 13.4. The largest absolute Gasteiger partial charge is 0.465 e. The number of nitrogens with zero attached hydrogens (tertiary/aromatic N) is 3. The summed E-state index contributed by atoms with van der Waals surface area (Å²) in [6.45, 7) is 5.99. The Kier molecular flexibility index (Phi) is 7.41. The first-order valence-electron chi connectivity index (χ1n) is 11.7. The van der Waals surface area contributed by atoms with Gasteiger partial charge in [0.2, 0.25) is 5.91 Å². The molecule has 0 saturated heterocycles. The van der Waals surface area contributed by atoms with Crippen LogP contribution in [0.3, 0.4) is 0 Å². The Hall–Kier alpha value is -3.78. The highest BCUT2D eigenvalue weighted by Gasteiger charge is 2.25. The number of anilines is 1. The van der Waals surface area contributed by atoms with Crippen LogP contribution in [0.25, 0.3) is 0 Å². The van der Waals surface area contributed by atoms with Crippen LogP contribution in [0.4, 0.5) is 5.69 Å². The Morgan fingerprint density at radius 2 is 1.80 bits per heavy atom. The van der Waals surface area contributed by atoms with Crippen molar-refractivity contribution < 1.29 is 14.3 Å². The van der Waals surface area contributed by atoms with E-state index in [1.165, 1.54) is 17.2 Å². The average molecular weight is 475 g/mol. The Morgan fingerprint density at radius 1 is 1.09 bits per heavy atom. The van der Waals surface area contributed by atoms with Gasteiger partial charge in [-0.05, 0) is 36.2 Å². The highest BCUT2D eigenvalue weighted by molar-refractivity contribution is 5.93. The zero-order chi connectivity index (χ0) is 24.9. The lowest BCUT2D eigenvalue weighted by Gasteiger charge is -2.29. The van der Waals surface area contributed by atoms with Gasteiger partial charge >= 0.3 is 5.97 Å². The third kappa shape index (κ3) is 5.66. The molecule has 1 aromatic heterocycles. The summed E-state index contributed by atoms with van der Waals surface area (Å²) in [5.41, 5.74) is 3.50. The van der Waals surface area contributed by atoms with E-state index in [0.29, 0.717) is 35.6 Å². The zero-order valence-corrected chi connectivity index (χ0v) is 20.3. The minimum absolute atomic E-state index is 0.0235. The molecule has 182 valence electrons. The quantitative estimate of drug-likeness (QED) is 0.528. The minimum Gasteiger partial charge on any atom is -0.465 e. The summed E-state index contributed by atoms with van der Waals surface area (Å²) in [6, 6.07) is 16.7. The zero-order valence-electron chi connectivity index (χ0n) is 20.3. The van der Waals surface area contributed by atoms with Crippen LogP contribution in [0.2, 0.25) is 0 Å². The average Bonchev–Trinajstić information content (AvgIpc) is 2.86. The van der Waals surface area contributed by atoms with Crippen molar-refractivity contribution in [1.29, 1.82) is 0 Å². The second-order valence-corrected chi connectivity index (χ2v) is 9.00. The van der Waals surface area contributed by atoms with E-state index in [-0.39, 0.29) is 23.9 Å². The van der Waals surface area contributed by atoms with Gasteiger partial charge in [0.15, 0.2) is 0 Å². The number of hydrogen-bond donors (Lipinski definition) is 1. The number of carbonyl (C=O) groups is 2. The number of rotatable bonds is 7. The summed E-state index contributed by atoms with van der Waals surface area (Å²) < 4.78 is 6.19. The molecule has 8 nitrogen and oxygen atoms in total. The fraction of sp³-hybridized carbons (Fsp3) is 0.333. The molecule has 1 amide bonds.